The molecule has 0 spiro atoms. The molecule has 2 heterocycles. The summed E-state index contributed by atoms with van der Waals surface area (Å²) in [6.07, 6.45) is 7.04. The predicted molar refractivity (Wildman–Crippen MR) is 126 cm³/mol. The van der Waals surface area contributed by atoms with Gasteiger partial charge in [-0.3, -0.25) is 4.90 Å². The number of guanidine groups is 1. The zero-order valence-corrected chi connectivity index (χ0v) is 19.0. The zero-order chi connectivity index (χ0) is 18.2. The van der Waals surface area contributed by atoms with Crippen molar-refractivity contribution in [3.05, 3.63) is 42.0 Å². The third kappa shape index (κ3) is 6.38. The Morgan fingerprint density at radius 2 is 2.00 bits per heavy atom. The van der Waals surface area contributed by atoms with Crippen molar-refractivity contribution < 1.29 is 0 Å². The molecule has 3 rings (SSSR count). The monoisotopic (exact) mass is 483 g/mol. The molecule has 0 amide bonds. The number of nitrogens with one attached hydrogen (secondary N) is 2. The number of anilines is 1. The smallest absolute Gasteiger partial charge is 0.191 e. The van der Waals surface area contributed by atoms with Crippen molar-refractivity contribution in [2.75, 3.05) is 44.2 Å². The molecular formula is C21H34IN5. The molecule has 0 aliphatic carbocycles. The second kappa shape index (κ2) is 11.5. The lowest BCUT2D eigenvalue weighted by Crippen LogP contribution is -2.44. The van der Waals surface area contributed by atoms with Crippen molar-refractivity contribution >= 4 is 35.6 Å². The van der Waals surface area contributed by atoms with Gasteiger partial charge in [-0.05, 0) is 50.6 Å². The average molecular weight is 483 g/mol. The van der Waals surface area contributed by atoms with E-state index in [0.29, 0.717) is 12.6 Å². The van der Waals surface area contributed by atoms with E-state index in [4.69, 9.17) is 4.99 Å². The molecule has 0 aromatic heterocycles. The minimum absolute atomic E-state index is 0. The predicted octanol–water partition coefficient (Wildman–Crippen LogP) is 3.22. The van der Waals surface area contributed by atoms with Crippen LogP contribution >= 0.6 is 24.0 Å². The molecule has 6 heteroatoms. The molecule has 150 valence electrons. The third-order valence-electron chi connectivity index (χ3n) is 5.27. The van der Waals surface area contributed by atoms with Crippen LogP contribution in [0.25, 0.3) is 0 Å². The first kappa shape index (κ1) is 22.0. The van der Waals surface area contributed by atoms with Gasteiger partial charge in [0.05, 0.1) is 6.54 Å². The fourth-order valence-corrected chi connectivity index (χ4v) is 3.81. The van der Waals surface area contributed by atoms with Crippen molar-refractivity contribution in [1.82, 2.24) is 15.5 Å². The van der Waals surface area contributed by atoms with Crippen LogP contribution in [-0.2, 0) is 6.54 Å². The first-order chi connectivity index (χ1) is 12.8. The van der Waals surface area contributed by atoms with Crippen molar-refractivity contribution in [3.8, 4) is 0 Å². The van der Waals surface area contributed by atoms with Crippen LogP contribution in [0.4, 0.5) is 5.69 Å². The van der Waals surface area contributed by atoms with E-state index in [0.717, 1.165) is 38.7 Å². The van der Waals surface area contributed by atoms with Crippen molar-refractivity contribution in [2.45, 2.75) is 39.3 Å². The van der Waals surface area contributed by atoms with E-state index in [2.05, 4.69) is 70.7 Å². The topological polar surface area (TPSA) is 42.9 Å². The normalized spacial score (nSPS) is 20.0. The van der Waals surface area contributed by atoms with E-state index in [1.807, 2.05) is 0 Å². The molecule has 2 aliphatic rings. The average Bonchev–Trinajstić information content (AvgIpc) is 3.35. The summed E-state index contributed by atoms with van der Waals surface area (Å²) >= 11 is 0. The maximum Gasteiger partial charge on any atom is 0.191 e. The van der Waals surface area contributed by atoms with Crippen LogP contribution in [0.15, 0.2) is 41.4 Å². The Kier molecular flexibility index (Phi) is 9.41. The molecule has 1 atom stereocenters. The molecule has 0 bridgehead atoms. The number of aliphatic imine (C=N–C) groups is 1. The van der Waals surface area contributed by atoms with Gasteiger partial charge in [-0.2, -0.15) is 0 Å². The molecule has 1 aromatic carbocycles. The van der Waals surface area contributed by atoms with Crippen LogP contribution in [0.1, 0.15) is 32.3 Å². The zero-order valence-electron chi connectivity index (χ0n) is 16.7. The number of likely N-dealkylation sites (N-methyl/N-ethyl adjacent to an activating group) is 1. The lowest BCUT2D eigenvalue weighted by Gasteiger charge is -2.24. The number of halogens is 1. The Morgan fingerprint density at radius 1 is 1.19 bits per heavy atom. The summed E-state index contributed by atoms with van der Waals surface area (Å²) in [6.45, 7) is 11.3. The highest BCUT2D eigenvalue weighted by Gasteiger charge is 2.22. The molecule has 1 fully saturated rings. The van der Waals surface area contributed by atoms with Crippen LogP contribution in [0.3, 0.4) is 0 Å². The summed E-state index contributed by atoms with van der Waals surface area (Å²) in [7, 11) is 0. The van der Waals surface area contributed by atoms with Gasteiger partial charge in [-0.15, -0.1) is 24.0 Å². The van der Waals surface area contributed by atoms with Gasteiger partial charge < -0.3 is 15.5 Å². The van der Waals surface area contributed by atoms with Gasteiger partial charge >= 0.3 is 0 Å². The molecule has 0 radical (unpaired) electrons. The second-order valence-corrected chi connectivity index (χ2v) is 7.05. The minimum Gasteiger partial charge on any atom is -0.364 e. The van der Waals surface area contributed by atoms with E-state index in [-0.39, 0.29) is 24.0 Å². The lowest BCUT2D eigenvalue weighted by atomic mass is 10.2. The van der Waals surface area contributed by atoms with Crippen LogP contribution in [0.5, 0.6) is 0 Å². The number of benzene rings is 1. The number of rotatable bonds is 7. The highest BCUT2D eigenvalue weighted by Crippen LogP contribution is 2.19. The Bertz CT molecular complexity index is 623. The van der Waals surface area contributed by atoms with Gasteiger partial charge in [0.1, 0.15) is 0 Å². The molecule has 27 heavy (non-hydrogen) atoms. The maximum absolute atomic E-state index is 4.81. The van der Waals surface area contributed by atoms with E-state index in [9.17, 15) is 0 Å². The fraction of sp³-hybridized carbons (Fsp3) is 0.571. The lowest BCUT2D eigenvalue weighted by molar-refractivity contribution is 0.267. The van der Waals surface area contributed by atoms with E-state index in [1.54, 1.807) is 0 Å². The fourth-order valence-electron chi connectivity index (χ4n) is 3.81. The molecule has 1 unspecified atom stereocenters. The maximum atomic E-state index is 4.81. The molecular weight excluding hydrogens is 449 g/mol. The first-order valence-corrected chi connectivity index (χ1v) is 10.0. The summed E-state index contributed by atoms with van der Waals surface area (Å²) < 4.78 is 0. The Morgan fingerprint density at radius 3 is 2.74 bits per heavy atom. The van der Waals surface area contributed by atoms with Gasteiger partial charge in [-0.1, -0.05) is 31.2 Å². The summed E-state index contributed by atoms with van der Waals surface area (Å²) in [6, 6.07) is 9.38. The first-order valence-electron chi connectivity index (χ1n) is 10.0. The number of hydrogen-bond acceptors (Lipinski definition) is 3. The highest BCUT2D eigenvalue weighted by atomic mass is 127. The molecule has 2 aliphatic heterocycles. The van der Waals surface area contributed by atoms with Gasteiger partial charge in [0, 0.05) is 37.9 Å². The molecule has 2 N–H and O–H groups in total. The standard InChI is InChI=1S/C21H33N5.HI/c1-3-22-21(24-17-20-11-8-14-25(20)4-2)23-16-18-9-7-10-19(15-18)26-12-5-6-13-26;/h5-7,9-10,15,20H,3-4,8,11-14,16-17H2,1-2H3,(H2,22,23,24);1H. The summed E-state index contributed by atoms with van der Waals surface area (Å²) in [4.78, 5) is 9.74. The van der Waals surface area contributed by atoms with Crippen molar-refractivity contribution in [2.24, 2.45) is 4.99 Å². The van der Waals surface area contributed by atoms with Gasteiger partial charge in [0.15, 0.2) is 5.96 Å². The Hall–Kier alpha value is -1.28. The second-order valence-electron chi connectivity index (χ2n) is 7.05. The SMILES string of the molecule is CCNC(=NCc1cccc(N2CC=CC2)c1)NCC1CCCN1CC.I. The van der Waals surface area contributed by atoms with Gasteiger partial charge in [0.25, 0.3) is 0 Å². The van der Waals surface area contributed by atoms with E-state index in [1.165, 1.54) is 30.6 Å². The summed E-state index contributed by atoms with van der Waals surface area (Å²) in [5.41, 5.74) is 2.54. The van der Waals surface area contributed by atoms with Crippen LogP contribution in [0, 0.1) is 0 Å². The molecule has 1 saturated heterocycles. The number of likely N-dealkylation sites (tertiary alicyclic amines) is 1. The molecule has 5 nitrogen and oxygen atoms in total. The van der Waals surface area contributed by atoms with Crippen LogP contribution in [0.2, 0.25) is 0 Å². The van der Waals surface area contributed by atoms with E-state index >= 15 is 0 Å². The van der Waals surface area contributed by atoms with Crippen molar-refractivity contribution in [1.29, 1.82) is 0 Å². The van der Waals surface area contributed by atoms with Crippen molar-refractivity contribution in [3.63, 3.8) is 0 Å². The summed E-state index contributed by atoms with van der Waals surface area (Å²) in [5.74, 6) is 0.920. The van der Waals surface area contributed by atoms with Gasteiger partial charge in [-0.25, -0.2) is 4.99 Å². The number of hydrogen-bond donors (Lipinski definition) is 2. The Labute approximate surface area is 181 Å². The largest absolute Gasteiger partial charge is 0.364 e. The summed E-state index contributed by atoms with van der Waals surface area (Å²) in [5, 5.41) is 6.92. The quantitative estimate of drug-likeness (QED) is 0.271. The van der Waals surface area contributed by atoms with E-state index < -0.39 is 0 Å². The van der Waals surface area contributed by atoms with Gasteiger partial charge in [0.2, 0.25) is 0 Å². The minimum atomic E-state index is 0. The molecule has 0 saturated carbocycles. The van der Waals surface area contributed by atoms with Crippen LogP contribution < -0.4 is 15.5 Å². The highest BCUT2D eigenvalue weighted by molar-refractivity contribution is 14.0. The number of nitrogens with zero attached hydrogens (tertiary/aromatic N) is 3. The van der Waals surface area contributed by atoms with Crippen LogP contribution in [-0.4, -0.2) is 56.2 Å². The Balaban J connectivity index is 0.00000261. The third-order valence-corrected chi connectivity index (χ3v) is 5.27. The molecule has 1 aromatic rings.